The molecule has 0 aromatic carbocycles. The Kier molecular flexibility index (Phi) is 6.87. The summed E-state index contributed by atoms with van der Waals surface area (Å²) in [5, 5.41) is 2.90. The molecule has 0 heterocycles. The van der Waals surface area contributed by atoms with Gasteiger partial charge in [0.25, 0.3) is 0 Å². The lowest BCUT2D eigenvalue weighted by Crippen LogP contribution is -2.42. The number of amides is 1. The van der Waals surface area contributed by atoms with Gasteiger partial charge < -0.3 is 4.90 Å². The predicted molar refractivity (Wildman–Crippen MR) is 58.8 cm³/mol. The van der Waals surface area contributed by atoms with Crippen LogP contribution in [0.1, 0.15) is 27.2 Å². The molecule has 0 aliphatic carbocycles. The van der Waals surface area contributed by atoms with Gasteiger partial charge in [0, 0.05) is 12.6 Å². The molecule has 0 saturated carbocycles. The van der Waals surface area contributed by atoms with Crippen molar-refractivity contribution in [3.63, 3.8) is 0 Å². The zero-order valence-electron chi connectivity index (χ0n) is 9.34. The first-order valence-corrected chi connectivity index (χ1v) is 5.07. The van der Waals surface area contributed by atoms with E-state index < -0.39 is 0 Å². The Bertz CT molecular complexity index is 206. The lowest BCUT2D eigenvalue weighted by molar-refractivity contribution is -0.131. The van der Waals surface area contributed by atoms with Crippen molar-refractivity contribution in [2.24, 2.45) is 0 Å². The second-order valence-electron chi connectivity index (χ2n) is 3.49. The Morgan fingerprint density at radius 2 is 2.21 bits per heavy atom. The van der Waals surface area contributed by atoms with Crippen molar-refractivity contribution in [3.05, 3.63) is 0 Å². The number of carbonyl (C=O) groups is 1. The van der Waals surface area contributed by atoms with Gasteiger partial charge in [-0.3, -0.25) is 10.1 Å². The highest BCUT2D eigenvalue weighted by Crippen LogP contribution is 1.99. The van der Waals surface area contributed by atoms with Gasteiger partial charge >= 0.3 is 0 Å². The molecular formula is C11H20N2O. The van der Waals surface area contributed by atoms with Crippen molar-refractivity contribution in [3.8, 4) is 12.3 Å². The lowest BCUT2D eigenvalue weighted by atomic mass is 10.3. The largest absolute Gasteiger partial charge is 0.339 e. The summed E-state index contributed by atoms with van der Waals surface area (Å²) in [5.74, 6) is 2.56. The van der Waals surface area contributed by atoms with Crippen LogP contribution in [-0.4, -0.2) is 36.5 Å². The molecule has 0 aromatic heterocycles. The van der Waals surface area contributed by atoms with E-state index in [-0.39, 0.29) is 11.9 Å². The quantitative estimate of drug-likeness (QED) is 0.505. The number of hydrogen-bond acceptors (Lipinski definition) is 2. The Morgan fingerprint density at radius 1 is 1.57 bits per heavy atom. The van der Waals surface area contributed by atoms with E-state index in [0.717, 1.165) is 13.0 Å². The van der Waals surface area contributed by atoms with E-state index in [4.69, 9.17) is 6.42 Å². The van der Waals surface area contributed by atoms with Crippen molar-refractivity contribution < 1.29 is 4.79 Å². The summed E-state index contributed by atoms with van der Waals surface area (Å²) >= 11 is 0. The van der Waals surface area contributed by atoms with E-state index in [9.17, 15) is 4.79 Å². The van der Waals surface area contributed by atoms with Crippen LogP contribution in [0.25, 0.3) is 0 Å². The zero-order chi connectivity index (χ0) is 11.0. The minimum atomic E-state index is 0.122. The minimum Gasteiger partial charge on any atom is -0.339 e. The van der Waals surface area contributed by atoms with Gasteiger partial charge in [-0.1, -0.05) is 12.8 Å². The van der Waals surface area contributed by atoms with Crippen LogP contribution in [0.5, 0.6) is 0 Å². The normalized spacial score (nSPS) is 9.93. The Labute approximate surface area is 86.9 Å². The van der Waals surface area contributed by atoms with E-state index in [2.05, 4.69) is 18.2 Å². The summed E-state index contributed by atoms with van der Waals surface area (Å²) in [5.41, 5.74) is 0. The van der Waals surface area contributed by atoms with Gasteiger partial charge in [0.15, 0.2) is 0 Å². The Morgan fingerprint density at radius 3 is 2.64 bits per heavy atom. The van der Waals surface area contributed by atoms with Gasteiger partial charge in [-0.05, 0) is 20.3 Å². The van der Waals surface area contributed by atoms with E-state index >= 15 is 0 Å². The lowest BCUT2D eigenvalue weighted by Gasteiger charge is -2.26. The number of carbonyl (C=O) groups excluding carboxylic acids is 1. The number of terminal acetylenes is 1. The number of nitrogens with zero attached hydrogens (tertiary/aromatic N) is 1. The molecule has 3 nitrogen and oxygen atoms in total. The molecule has 0 saturated heterocycles. The smallest absolute Gasteiger partial charge is 0.236 e. The zero-order valence-corrected chi connectivity index (χ0v) is 9.34. The monoisotopic (exact) mass is 196 g/mol. The van der Waals surface area contributed by atoms with Crippen LogP contribution in [0.2, 0.25) is 0 Å². The highest BCUT2D eigenvalue weighted by atomic mass is 16.2. The average molecular weight is 196 g/mol. The minimum absolute atomic E-state index is 0.122. The maximum absolute atomic E-state index is 11.6. The van der Waals surface area contributed by atoms with Gasteiger partial charge in [0.2, 0.25) is 5.91 Å². The molecule has 0 aliphatic heterocycles. The molecule has 0 spiro atoms. The van der Waals surface area contributed by atoms with Crippen molar-refractivity contribution in [1.82, 2.24) is 10.2 Å². The Hall–Kier alpha value is -1.01. The maximum atomic E-state index is 11.6. The van der Waals surface area contributed by atoms with Crippen molar-refractivity contribution in [2.45, 2.75) is 33.2 Å². The van der Waals surface area contributed by atoms with Gasteiger partial charge in [0.1, 0.15) is 0 Å². The fourth-order valence-electron chi connectivity index (χ4n) is 1.25. The fraction of sp³-hybridized carbons (Fsp3) is 0.727. The van der Waals surface area contributed by atoms with E-state index in [1.54, 1.807) is 0 Å². The molecule has 3 heteroatoms. The molecule has 0 unspecified atom stereocenters. The highest BCUT2D eigenvalue weighted by Gasteiger charge is 2.14. The van der Waals surface area contributed by atoms with Crippen molar-refractivity contribution >= 4 is 5.91 Å². The Balaban J connectivity index is 3.97. The standard InChI is InChI=1S/C11H20N2O/c1-5-7-12-9-11(14)13(8-6-2)10(3)4/h1,10,12H,6-9H2,2-4H3. The first kappa shape index (κ1) is 13.0. The second-order valence-corrected chi connectivity index (χ2v) is 3.49. The predicted octanol–water partition coefficient (Wildman–Crippen LogP) is 0.856. The molecule has 0 rings (SSSR count). The van der Waals surface area contributed by atoms with E-state index in [1.807, 2.05) is 18.7 Å². The van der Waals surface area contributed by atoms with Gasteiger partial charge in [-0.25, -0.2) is 0 Å². The van der Waals surface area contributed by atoms with Crippen LogP contribution < -0.4 is 5.32 Å². The molecule has 0 aliphatic rings. The third-order valence-electron chi connectivity index (χ3n) is 1.91. The third kappa shape index (κ3) is 4.88. The topological polar surface area (TPSA) is 32.3 Å². The summed E-state index contributed by atoms with van der Waals surface area (Å²) in [6, 6.07) is 0.259. The van der Waals surface area contributed by atoms with E-state index in [0.29, 0.717) is 13.1 Å². The van der Waals surface area contributed by atoms with Crippen LogP contribution >= 0.6 is 0 Å². The molecule has 14 heavy (non-hydrogen) atoms. The van der Waals surface area contributed by atoms with Gasteiger partial charge in [0.05, 0.1) is 13.1 Å². The van der Waals surface area contributed by atoms with Crippen molar-refractivity contribution in [1.29, 1.82) is 0 Å². The average Bonchev–Trinajstić information content (AvgIpc) is 2.13. The van der Waals surface area contributed by atoms with Crippen LogP contribution in [0.3, 0.4) is 0 Å². The van der Waals surface area contributed by atoms with Crippen molar-refractivity contribution in [2.75, 3.05) is 19.6 Å². The molecular weight excluding hydrogens is 176 g/mol. The third-order valence-corrected chi connectivity index (χ3v) is 1.91. The van der Waals surface area contributed by atoms with Crippen LogP contribution in [0, 0.1) is 12.3 Å². The van der Waals surface area contributed by atoms with Gasteiger partial charge in [-0.2, -0.15) is 0 Å². The number of nitrogens with one attached hydrogen (secondary N) is 1. The summed E-state index contributed by atoms with van der Waals surface area (Å²) in [6.45, 7) is 7.71. The molecule has 80 valence electrons. The van der Waals surface area contributed by atoms with E-state index in [1.165, 1.54) is 0 Å². The molecule has 0 aromatic rings. The summed E-state index contributed by atoms with van der Waals surface area (Å²) in [4.78, 5) is 13.5. The number of hydrogen-bond donors (Lipinski definition) is 1. The summed E-state index contributed by atoms with van der Waals surface area (Å²) in [7, 11) is 0. The molecule has 0 fully saturated rings. The molecule has 0 radical (unpaired) electrons. The number of rotatable bonds is 6. The highest BCUT2D eigenvalue weighted by molar-refractivity contribution is 5.78. The summed E-state index contributed by atoms with van der Waals surface area (Å²) in [6.07, 6.45) is 6.06. The molecule has 1 N–H and O–H groups in total. The molecule has 0 bridgehead atoms. The van der Waals surface area contributed by atoms with Crippen LogP contribution in [0.4, 0.5) is 0 Å². The first-order chi connectivity index (χ1) is 6.63. The van der Waals surface area contributed by atoms with Crippen LogP contribution in [0.15, 0.2) is 0 Å². The van der Waals surface area contributed by atoms with Crippen LogP contribution in [-0.2, 0) is 4.79 Å². The molecule has 1 amide bonds. The first-order valence-electron chi connectivity index (χ1n) is 5.07. The fourth-order valence-corrected chi connectivity index (χ4v) is 1.25. The summed E-state index contributed by atoms with van der Waals surface area (Å²) < 4.78 is 0. The molecule has 0 atom stereocenters. The van der Waals surface area contributed by atoms with Gasteiger partial charge in [-0.15, -0.1) is 6.42 Å². The second kappa shape index (κ2) is 7.40. The maximum Gasteiger partial charge on any atom is 0.236 e. The SMILES string of the molecule is C#CCNCC(=O)N(CCC)C(C)C.